The summed E-state index contributed by atoms with van der Waals surface area (Å²) in [5.41, 5.74) is 0.722. The molecule has 11 heavy (non-hydrogen) atoms. The zero-order chi connectivity index (χ0) is 8.27. The summed E-state index contributed by atoms with van der Waals surface area (Å²) < 4.78 is 4.71. The van der Waals surface area contributed by atoms with Crippen molar-refractivity contribution < 1.29 is 9.84 Å². The Balaban J connectivity index is 2.86. The van der Waals surface area contributed by atoms with Crippen LogP contribution in [0.15, 0.2) is 29.2 Å². The fraction of sp³-hybridized carbons (Fsp3) is 0.250. The van der Waals surface area contributed by atoms with Gasteiger partial charge in [-0.1, -0.05) is 12.1 Å². The van der Waals surface area contributed by atoms with Crippen molar-refractivity contribution in [3.8, 4) is 0 Å². The van der Waals surface area contributed by atoms with Crippen molar-refractivity contribution in [3.63, 3.8) is 0 Å². The molecule has 3 heteroatoms. The third-order valence-electron chi connectivity index (χ3n) is 1.38. The van der Waals surface area contributed by atoms with Gasteiger partial charge in [0.05, 0.1) is 0 Å². The van der Waals surface area contributed by atoms with E-state index in [1.54, 1.807) is 12.1 Å². The Labute approximate surface area is 71.2 Å². The molecule has 0 saturated heterocycles. The molecule has 1 rings (SSSR count). The van der Waals surface area contributed by atoms with Crippen LogP contribution < -0.4 is 0 Å². The Hall–Kier alpha value is -0.510. The highest BCUT2D eigenvalue weighted by molar-refractivity contribution is 7.80. The van der Waals surface area contributed by atoms with Crippen LogP contribution in [0, 0.1) is 0 Å². The van der Waals surface area contributed by atoms with Gasteiger partial charge in [0.1, 0.15) is 0 Å². The monoisotopic (exact) mass is 170 g/mol. The Morgan fingerprint density at radius 3 is 2.82 bits per heavy atom. The summed E-state index contributed by atoms with van der Waals surface area (Å²) in [4.78, 5) is 0.818. The molecule has 0 spiro atoms. The number of aliphatic hydroxyl groups is 1. The normalized spacial score (nSPS) is 13.0. The molecule has 0 aromatic heterocycles. The number of hydrogen-bond donors (Lipinski definition) is 2. The zero-order valence-corrected chi connectivity index (χ0v) is 7.08. The number of benzene rings is 1. The molecule has 2 nitrogen and oxygen atoms in total. The van der Waals surface area contributed by atoms with E-state index in [0.29, 0.717) is 0 Å². The van der Waals surface area contributed by atoms with Crippen LogP contribution in [-0.4, -0.2) is 12.2 Å². The molecule has 1 N–H and O–H groups in total. The zero-order valence-electron chi connectivity index (χ0n) is 6.19. The van der Waals surface area contributed by atoms with Gasteiger partial charge in [-0.3, -0.25) is 0 Å². The number of rotatable bonds is 2. The van der Waals surface area contributed by atoms with Gasteiger partial charge < -0.3 is 9.84 Å². The number of hydrogen-bond acceptors (Lipinski definition) is 3. The summed E-state index contributed by atoms with van der Waals surface area (Å²) in [6.45, 7) is 0. The van der Waals surface area contributed by atoms with Gasteiger partial charge in [0.25, 0.3) is 0 Å². The maximum absolute atomic E-state index is 9.20. The second-order valence-electron chi connectivity index (χ2n) is 2.18. The summed E-state index contributed by atoms with van der Waals surface area (Å²) in [5, 5.41) is 9.20. The van der Waals surface area contributed by atoms with E-state index in [0.717, 1.165) is 10.5 Å². The van der Waals surface area contributed by atoms with Gasteiger partial charge in [0, 0.05) is 17.6 Å². The lowest BCUT2D eigenvalue weighted by Crippen LogP contribution is -1.98. The van der Waals surface area contributed by atoms with E-state index in [1.807, 2.05) is 12.1 Å². The van der Waals surface area contributed by atoms with Gasteiger partial charge in [-0.15, -0.1) is 12.6 Å². The van der Waals surface area contributed by atoms with Crippen molar-refractivity contribution in [2.45, 2.75) is 11.2 Å². The molecule has 1 aromatic rings. The van der Waals surface area contributed by atoms with Crippen molar-refractivity contribution >= 4 is 12.6 Å². The minimum Gasteiger partial charge on any atom is -0.364 e. The highest BCUT2D eigenvalue weighted by Crippen LogP contribution is 2.16. The maximum Gasteiger partial charge on any atom is 0.180 e. The lowest BCUT2D eigenvalue weighted by Gasteiger charge is -2.07. The lowest BCUT2D eigenvalue weighted by atomic mass is 10.2. The largest absolute Gasteiger partial charge is 0.364 e. The van der Waals surface area contributed by atoms with Crippen LogP contribution in [0.2, 0.25) is 0 Å². The quantitative estimate of drug-likeness (QED) is 0.521. The first-order valence-corrected chi connectivity index (χ1v) is 3.68. The van der Waals surface area contributed by atoms with Crippen molar-refractivity contribution in [2.24, 2.45) is 0 Å². The van der Waals surface area contributed by atoms with Crippen LogP contribution in [0.5, 0.6) is 0 Å². The smallest absolute Gasteiger partial charge is 0.180 e. The molecule has 0 aliphatic heterocycles. The molecule has 0 fully saturated rings. The molecule has 0 amide bonds. The van der Waals surface area contributed by atoms with Gasteiger partial charge in [0.2, 0.25) is 0 Å². The Morgan fingerprint density at radius 2 is 2.27 bits per heavy atom. The third kappa shape index (κ3) is 2.22. The predicted octanol–water partition coefficient (Wildman–Crippen LogP) is 1.61. The first-order chi connectivity index (χ1) is 5.24. The second kappa shape index (κ2) is 3.76. The predicted molar refractivity (Wildman–Crippen MR) is 45.7 cm³/mol. The van der Waals surface area contributed by atoms with Crippen LogP contribution in [0.1, 0.15) is 11.9 Å². The lowest BCUT2D eigenvalue weighted by molar-refractivity contribution is -0.0770. The van der Waals surface area contributed by atoms with Crippen molar-refractivity contribution in [1.82, 2.24) is 0 Å². The summed E-state index contributed by atoms with van der Waals surface area (Å²) in [6, 6.07) is 7.21. The van der Waals surface area contributed by atoms with Crippen molar-refractivity contribution in [2.75, 3.05) is 7.11 Å². The van der Waals surface area contributed by atoms with Crippen LogP contribution in [0.25, 0.3) is 0 Å². The van der Waals surface area contributed by atoms with Gasteiger partial charge in [-0.2, -0.15) is 0 Å². The Kier molecular flexibility index (Phi) is 2.93. The molecule has 1 atom stereocenters. The summed E-state index contributed by atoms with van der Waals surface area (Å²) in [6.07, 6.45) is -0.845. The standard InChI is InChI=1S/C8H10O2S/c1-10-8(9)6-3-2-4-7(11)5-6/h2-5,8-9,11H,1H3. The molecule has 0 aliphatic carbocycles. The fourth-order valence-electron chi connectivity index (χ4n) is 0.814. The number of aliphatic hydroxyl groups excluding tert-OH is 1. The minimum absolute atomic E-state index is 0.722. The maximum atomic E-state index is 9.20. The highest BCUT2D eigenvalue weighted by Gasteiger charge is 2.03. The average Bonchev–Trinajstić information content (AvgIpc) is 2.03. The van der Waals surface area contributed by atoms with E-state index < -0.39 is 6.29 Å². The fourth-order valence-corrected chi connectivity index (χ4v) is 1.05. The molecule has 1 unspecified atom stereocenters. The van der Waals surface area contributed by atoms with E-state index in [9.17, 15) is 5.11 Å². The highest BCUT2D eigenvalue weighted by atomic mass is 32.1. The number of methoxy groups -OCH3 is 1. The molecule has 0 saturated carbocycles. The van der Waals surface area contributed by atoms with Crippen molar-refractivity contribution in [3.05, 3.63) is 29.8 Å². The minimum atomic E-state index is -0.845. The third-order valence-corrected chi connectivity index (χ3v) is 1.66. The van der Waals surface area contributed by atoms with E-state index in [-0.39, 0.29) is 0 Å². The van der Waals surface area contributed by atoms with E-state index in [2.05, 4.69) is 12.6 Å². The molecular formula is C8H10O2S. The Bertz CT molecular complexity index is 237. The summed E-state index contributed by atoms with van der Waals surface area (Å²) >= 11 is 4.12. The van der Waals surface area contributed by atoms with Gasteiger partial charge >= 0.3 is 0 Å². The molecule has 0 heterocycles. The first-order valence-electron chi connectivity index (χ1n) is 3.24. The van der Waals surface area contributed by atoms with Gasteiger partial charge in [-0.05, 0) is 12.1 Å². The Morgan fingerprint density at radius 1 is 1.55 bits per heavy atom. The van der Waals surface area contributed by atoms with E-state index in [4.69, 9.17) is 4.74 Å². The SMILES string of the molecule is COC(O)c1cccc(S)c1. The van der Waals surface area contributed by atoms with E-state index >= 15 is 0 Å². The van der Waals surface area contributed by atoms with Crippen LogP contribution in [-0.2, 0) is 4.74 Å². The van der Waals surface area contributed by atoms with Gasteiger partial charge in [-0.25, -0.2) is 0 Å². The summed E-state index contributed by atoms with van der Waals surface area (Å²) in [5.74, 6) is 0. The van der Waals surface area contributed by atoms with Crippen molar-refractivity contribution in [1.29, 1.82) is 0 Å². The number of ether oxygens (including phenoxy) is 1. The van der Waals surface area contributed by atoms with Crippen LogP contribution >= 0.6 is 12.6 Å². The van der Waals surface area contributed by atoms with E-state index in [1.165, 1.54) is 7.11 Å². The molecule has 60 valence electrons. The molecule has 0 bridgehead atoms. The number of thiol groups is 1. The first kappa shape index (κ1) is 8.59. The topological polar surface area (TPSA) is 29.5 Å². The molecular weight excluding hydrogens is 160 g/mol. The molecule has 1 aromatic carbocycles. The van der Waals surface area contributed by atoms with Crippen LogP contribution in [0.3, 0.4) is 0 Å². The second-order valence-corrected chi connectivity index (χ2v) is 2.70. The average molecular weight is 170 g/mol. The summed E-state index contributed by atoms with van der Waals surface area (Å²) in [7, 11) is 1.45. The molecule has 0 aliphatic rings. The van der Waals surface area contributed by atoms with Gasteiger partial charge in [0.15, 0.2) is 6.29 Å². The molecule has 0 radical (unpaired) electrons. The van der Waals surface area contributed by atoms with Crippen LogP contribution in [0.4, 0.5) is 0 Å².